The third-order valence-corrected chi connectivity index (χ3v) is 5.45. The Morgan fingerprint density at radius 1 is 0.909 bits per heavy atom. The van der Waals surface area contributed by atoms with Crippen molar-refractivity contribution in [1.29, 1.82) is 0 Å². The van der Waals surface area contributed by atoms with Crippen LogP contribution in [0.25, 0.3) is 22.1 Å². The van der Waals surface area contributed by atoms with E-state index in [2.05, 4.69) is 5.32 Å². The zero-order chi connectivity index (χ0) is 23.4. The third kappa shape index (κ3) is 5.06. The Morgan fingerprint density at radius 2 is 1.61 bits per heavy atom. The maximum atomic E-state index is 12.6. The van der Waals surface area contributed by atoms with Crippen molar-refractivity contribution in [2.45, 2.75) is 26.0 Å². The molecule has 0 unspecified atom stereocenters. The molecule has 4 aromatic rings. The van der Waals surface area contributed by atoms with Crippen LogP contribution >= 0.6 is 0 Å². The summed E-state index contributed by atoms with van der Waals surface area (Å²) in [6, 6.07) is 23.7. The second-order valence-electron chi connectivity index (χ2n) is 7.78. The van der Waals surface area contributed by atoms with Gasteiger partial charge in [0.2, 0.25) is 0 Å². The number of ether oxygens (including phenoxy) is 2. The van der Waals surface area contributed by atoms with E-state index in [-0.39, 0.29) is 11.9 Å². The second-order valence-corrected chi connectivity index (χ2v) is 7.78. The molecule has 0 saturated carbocycles. The van der Waals surface area contributed by atoms with Crippen molar-refractivity contribution in [2.75, 3.05) is 7.11 Å². The Kier molecular flexibility index (Phi) is 6.45. The fourth-order valence-electron chi connectivity index (χ4n) is 3.55. The van der Waals surface area contributed by atoms with Crippen LogP contribution in [0.15, 0.2) is 88.1 Å². The number of rotatable bonds is 7. The molecule has 0 fully saturated rings. The van der Waals surface area contributed by atoms with Gasteiger partial charge < -0.3 is 19.2 Å². The van der Waals surface area contributed by atoms with E-state index in [1.54, 1.807) is 50.4 Å². The first-order chi connectivity index (χ1) is 15.9. The summed E-state index contributed by atoms with van der Waals surface area (Å²) in [5.41, 5.74) is 2.15. The molecule has 1 amide bonds. The minimum atomic E-state index is -0.723. The van der Waals surface area contributed by atoms with Gasteiger partial charge in [0.1, 0.15) is 17.1 Å². The molecule has 4 rings (SSSR count). The molecule has 0 spiro atoms. The normalized spacial score (nSPS) is 12.7. The maximum Gasteiger partial charge on any atom is 0.344 e. The lowest BCUT2D eigenvalue weighted by molar-refractivity contribution is -0.127. The van der Waals surface area contributed by atoms with Crippen molar-refractivity contribution in [3.8, 4) is 22.6 Å². The molecule has 33 heavy (non-hydrogen) atoms. The van der Waals surface area contributed by atoms with Crippen molar-refractivity contribution in [3.05, 3.63) is 94.8 Å². The first-order valence-corrected chi connectivity index (χ1v) is 10.7. The average Bonchev–Trinajstić information content (AvgIpc) is 2.84. The van der Waals surface area contributed by atoms with E-state index in [0.29, 0.717) is 22.6 Å². The molecular weight excluding hydrogens is 418 g/mol. The molecular formula is C27H25NO5. The Hall–Kier alpha value is -4.06. The highest BCUT2D eigenvalue weighted by Crippen LogP contribution is 2.26. The molecule has 6 heteroatoms. The summed E-state index contributed by atoms with van der Waals surface area (Å²) in [5.74, 6) is 0.919. The zero-order valence-electron chi connectivity index (χ0n) is 18.7. The molecule has 1 N–H and O–H groups in total. The van der Waals surface area contributed by atoms with Crippen LogP contribution in [-0.4, -0.2) is 19.1 Å². The van der Waals surface area contributed by atoms with Gasteiger partial charge >= 0.3 is 5.63 Å². The predicted molar refractivity (Wildman–Crippen MR) is 128 cm³/mol. The molecule has 6 nitrogen and oxygen atoms in total. The highest BCUT2D eigenvalue weighted by molar-refractivity contribution is 5.84. The lowest BCUT2D eigenvalue weighted by Crippen LogP contribution is -2.37. The van der Waals surface area contributed by atoms with Gasteiger partial charge in [0.05, 0.1) is 18.7 Å². The highest BCUT2D eigenvalue weighted by Gasteiger charge is 2.18. The van der Waals surface area contributed by atoms with Gasteiger partial charge in [0.25, 0.3) is 5.91 Å². The number of amides is 1. The van der Waals surface area contributed by atoms with Gasteiger partial charge in [-0.2, -0.15) is 0 Å². The highest BCUT2D eigenvalue weighted by atomic mass is 16.5. The van der Waals surface area contributed by atoms with E-state index < -0.39 is 11.7 Å². The van der Waals surface area contributed by atoms with Crippen LogP contribution in [0.4, 0.5) is 0 Å². The number of benzene rings is 3. The summed E-state index contributed by atoms with van der Waals surface area (Å²) in [5, 5.41) is 3.70. The summed E-state index contributed by atoms with van der Waals surface area (Å²) in [6.45, 7) is 3.60. The molecule has 1 heterocycles. The van der Waals surface area contributed by atoms with Crippen LogP contribution in [0, 0.1) is 0 Å². The molecule has 0 aliphatic carbocycles. The van der Waals surface area contributed by atoms with Gasteiger partial charge in [-0.25, -0.2) is 4.79 Å². The summed E-state index contributed by atoms with van der Waals surface area (Å²) in [4.78, 5) is 25.2. The Balaban J connectivity index is 1.49. The van der Waals surface area contributed by atoms with Gasteiger partial charge in [-0.1, -0.05) is 42.5 Å². The van der Waals surface area contributed by atoms with Crippen LogP contribution in [0.5, 0.6) is 11.5 Å². The molecule has 168 valence electrons. The Morgan fingerprint density at radius 3 is 2.30 bits per heavy atom. The predicted octanol–water partition coefficient (Wildman–Crippen LogP) is 5.11. The molecule has 2 atom stereocenters. The van der Waals surface area contributed by atoms with Crippen molar-refractivity contribution < 1.29 is 18.7 Å². The van der Waals surface area contributed by atoms with E-state index in [1.165, 1.54) is 0 Å². The number of hydrogen-bond donors (Lipinski definition) is 1. The quantitative estimate of drug-likeness (QED) is 0.402. The van der Waals surface area contributed by atoms with Crippen LogP contribution in [-0.2, 0) is 4.79 Å². The molecule has 0 saturated heterocycles. The molecule has 0 radical (unpaired) electrons. The van der Waals surface area contributed by atoms with Crippen LogP contribution in [0.2, 0.25) is 0 Å². The van der Waals surface area contributed by atoms with E-state index in [1.807, 2.05) is 49.4 Å². The number of methoxy groups -OCH3 is 1. The SMILES string of the molecule is COc1ccc(-c2cc3ccc(O[C@H](C)C(=O)N[C@H](C)c4ccccc4)cc3oc2=O)cc1. The van der Waals surface area contributed by atoms with Crippen molar-refractivity contribution in [3.63, 3.8) is 0 Å². The number of carbonyl (C=O) groups excluding carboxylic acids is 1. The summed E-state index contributed by atoms with van der Waals surface area (Å²) in [6.07, 6.45) is -0.723. The molecule has 0 bridgehead atoms. The van der Waals surface area contributed by atoms with E-state index in [9.17, 15) is 9.59 Å². The van der Waals surface area contributed by atoms with Crippen LogP contribution < -0.4 is 20.4 Å². The fourth-order valence-corrected chi connectivity index (χ4v) is 3.55. The van der Waals surface area contributed by atoms with Gasteiger partial charge in [-0.3, -0.25) is 4.79 Å². The fraction of sp³-hybridized carbons (Fsp3) is 0.185. The number of carbonyl (C=O) groups is 1. The Labute approximate surface area is 191 Å². The minimum Gasteiger partial charge on any atom is -0.497 e. The van der Waals surface area contributed by atoms with Gasteiger partial charge in [-0.15, -0.1) is 0 Å². The monoisotopic (exact) mass is 443 g/mol. The lowest BCUT2D eigenvalue weighted by Gasteiger charge is -2.19. The minimum absolute atomic E-state index is 0.143. The Bertz CT molecular complexity index is 1310. The second kappa shape index (κ2) is 9.61. The number of fused-ring (bicyclic) bond motifs is 1. The van der Waals surface area contributed by atoms with Gasteiger partial charge in [0, 0.05) is 11.5 Å². The smallest absolute Gasteiger partial charge is 0.344 e. The third-order valence-electron chi connectivity index (χ3n) is 5.45. The zero-order valence-corrected chi connectivity index (χ0v) is 18.7. The number of hydrogen-bond acceptors (Lipinski definition) is 5. The lowest BCUT2D eigenvalue weighted by atomic mass is 10.1. The van der Waals surface area contributed by atoms with Gasteiger partial charge in [0.15, 0.2) is 6.10 Å². The average molecular weight is 443 g/mol. The molecule has 0 aliphatic heterocycles. The maximum absolute atomic E-state index is 12.6. The topological polar surface area (TPSA) is 77.8 Å². The first kappa shape index (κ1) is 22.1. The van der Waals surface area contributed by atoms with E-state index in [4.69, 9.17) is 13.9 Å². The summed E-state index contributed by atoms with van der Waals surface area (Å²) < 4.78 is 16.5. The van der Waals surface area contributed by atoms with E-state index in [0.717, 1.165) is 16.5 Å². The summed E-state index contributed by atoms with van der Waals surface area (Å²) >= 11 is 0. The molecule has 0 aliphatic rings. The standard InChI is InChI=1S/C27H25NO5/c1-17(19-7-5-4-6-8-19)28-26(29)18(2)32-23-14-11-21-15-24(27(30)33-25(21)16-23)20-9-12-22(31-3)13-10-20/h4-18H,1-3H3,(H,28,29)/t17-,18-/m1/s1. The molecule has 3 aromatic carbocycles. The van der Waals surface area contributed by atoms with Gasteiger partial charge in [-0.05, 0) is 55.3 Å². The number of nitrogens with one attached hydrogen (secondary N) is 1. The van der Waals surface area contributed by atoms with Crippen molar-refractivity contribution in [1.82, 2.24) is 5.32 Å². The summed E-state index contributed by atoms with van der Waals surface area (Å²) in [7, 11) is 1.59. The van der Waals surface area contributed by atoms with E-state index >= 15 is 0 Å². The largest absolute Gasteiger partial charge is 0.497 e. The van der Waals surface area contributed by atoms with Crippen LogP contribution in [0.1, 0.15) is 25.5 Å². The first-order valence-electron chi connectivity index (χ1n) is 10.7. The van der Waals surface area contributed by atoms with Crippen LogP contribution in [0.3, 0.4) is 0 Å². The van der Waals surface area contributed by atoms with Crippen molar-refractivity contribution >= 4 is 16.9 Å². The van der Waals surface area contributed by atoms with Crippen molar-refractivity contribution in [2.24, 2.45) is 0 Å². The molecule has 1 aromatic heterocycles.